The molecule has 0 spiro atoms. The van der Waals surface area contributed by atoms with Gasteiger partial charge in [0.25, 0.3) is 0 Å². The van der Waals surface area contributed by atoms with E-state index in [-0.39, 0.29) is 18.9 Å². The molecule has 0 aromatic rings. The van der Waals surface area contributed by atoms with E-state index in [9.17, 15) is 4.89 Å². The summed E-state index contributed by atoms with van der Waals surface area (Å²) in [5.41, 5.74) is 0. The van der Waals surface area contributed by atoms with Crippen LogP contribution in [-0.2, 0) is 9.05 Å². The van der Waals surface area contributed by atoms with Crippen LogP contribution in [0.2, 0.25) is 0 Å². The Bertz CT molecular complexity index is 233. The molecule has 0 aliphatic carbocycles. The van der Waals surface area contributed by atoms with Gasteiger partial charge >= 0.3 is 27.5 Å². The third-order valence-electron chi connectivity index (χ3n) is 4.93. The summed E-state index contributed by atoms with van der Waals surface area (Å²) in [5, 5.41) is 0. The molecule has 0 aromatic carbocycles. The molecule has 148 valence electrons. The maximum absolute atomic E-state index is 9.98. The van der Waals surface area contributed by atoms with Crippen LogP contribution in [-0.4, -0.2) is 37.0 Å². The summed E-state index contributed by atoms with van der Waals surface area (Å²) in [4.78, 5) is 9.98. The average Bonchev–Trinajstić information content (AvgIpc) is 2.60. The number of hydrogen-bond donors (Lipinski definition) is 1. The van der Waals surface area contributed by atoms with Crippen LogP contribution in [0.1, 0.15) is 105 Å². The fraction of sp³-hybridized carbons (Fsp3) is 1.00. The molecule has 2 unspecified atom stereocenters. The van der Waals surface area contributed by atoms with Crippen molar-refractivity contribution in [3.8, 4) is 0 Å². The summed E-state index contributed by atoms with van der Waals surface area (Å²) in [5.74, 6) is 1.11. The monoisotopic (exact) mass is 370 g/mol. The van der Waals surface area contributed by atoms with E-state index in [0.717, 1.165) is 12.8 Å². The number of rotatable bonds is 18. The summed E-state index contributed by atoms with van der Waals surface area (Å²) < 4.78 is 11.2. The molecular formula is C20H44LiO3P. The molecule has 0 aliphatic rings. The van der Waals surface area contributed by atoms with Gasteiger partial charge in [-0.2, -0.15) is 0 Å². The van der Waals surface area contributed by atoms with Gasteiger partial charge in [0.05, 0.1) is 13.2 Å². The first kappa shape index (κ1) is 28.1. The summed E-state index contributed by atoms with van der Waals surface area (Å²) in [6.07, 6.45) is 15.0. The molecule has 2 atom stereocenters. The SMILES string of the molecule is CCCCCCC(CC)COP(O)OCC(CC)CCCCCC.[LiH]. The fourth-order valence-corrected chi connectivity index (χ4v) is 3.66. The molecule has 0 radical (unpaired) electrons. The quantitative estimate of drug-likeness (QED) is 0.168. The topological polar surface area (TPSA) is 38.7 Å². The zero-order valence-electron chi connectivity index (χ0n) is 16.8. The minimum absolute atomic E-state index is 0. The van der Waals surface area contributed by atoms with Gasteiger partial charge in [-0.15, -0.1) is 0 Å². The van der Waals surface area contributed by atoms with Crippen LogP contribution in [0, 0.1) is 11.8 Å². The van der Waals surface area contributed by atoms with Crippen molar-refractivity contribution < 1.29 is 13.9 Å². The molecule has 0 bridgehead atoms. The molecule has 0 rings (SSSR count). The van der Waals surface area contributed by atoms with Crippen molar-refractivity contribution >= 4 is 27.5 Å². The first-order chi connectivity index (χ1) is 11.7. The Balaban J connectivity index is 0. The number of unbranched alkanes of at least 4 members (excludes halogenated alkanes) is 6. The standard InChI is InChI=1S/C20H43O3P.Li.H/c1-5-9-11-13-15-19(7-3)17-22-24(21)23-18-20(8-4)16-14-12-10-6-2;;/h19-21H,5-18H2,1-4H3;;. The van der Waals surface area contributed by atoms with Gasteiger partial charge in [0.2, 0.25) is 0 Å². The minimum atomic E-state index is -1.70. The molecule has 0 fully saturated rings. The summed E-state index contributed by atoms with van der Waals surface area (Å²) in [7, 11) is -1.70. The van der Waals surface area contributed by atoms with Crippen LogP contribution >= 0.6 is 8.60 Å². The second-order valence-corrected chi connectivity index (χ2v) is 8.07. The van der Waals surface area contributed by atoms with E-state index < -0.39 is 8.60 Å². The van der Waals surface area contributed by atoms with E-state index in [1.54, 1.807) is 0 Å². The summed E-state index contributed by atoms with van der Waals surface area (Å²) >= 11 is 0. The van der Waals surface area contributed by atoms with Crippen molar-refractivity contribution in [1.82, 2.24) is 0 Å². The molecule has 3 nitrogen and oxygen atoms in total. The Morgan fingerprint density at radius 2 is 1.08 bits per heavy atom. The molecule has 1 N–H and O–H groups in total. The van der Waals surface area contributed by atoms with E-state index in [1.165, 1.54) is 64.2 Å². The normalized spacial score (nSPS) is 14.8. The van der Waals surface area contributed by atoms with Crippen LogP contribution in [0.3, 0.4) is 0 Å². The fourth-order valence-electron chi connectivity index (χ4n) is 2.91. The van der Waals surface area contributed by atoms with E-state index in [1.807, 2.05) is 0 Å². The number of hydrogen-bond acceptors (Lipinski definition) is 3. The predicted molar refractivity (Wildman–Crippen MR) is 113 cm³/mol. The van der Waals surface area contributed by atoms with E-state index in [2.05, 4.69) is 27.7 Å². The van der Waals surface area contributed by atoms with E-state index in [4.69, 9.17) is 9.05 Å². The van der Waals surface area contributed by atoms with E-state index in [0.29, 0.717) is 25.0 Å². The third-order valence-corrected chi connectivity index (χ3v) is 5.67. The van der Waals surface area contributed by atoms with Crippen LogP contribution in [0.5, 0.6) is 0 Å². The van der Waals surface area contributed by atoms with Crippen LogP contribution in [0.25, 0.3) is 0 Å². The molecule has 0 amide bonds. The Morgan fingerprint density at radius 1 is 0.680 bits per heavy atom. The molecule has 0 aliphatic heterocycles. The van der Waals surface area contributed by atoms with Crippen LogP contribution < -0.4 is 0 Å². The molecule has 25 heavy (non-hydrogen) atoms. The van der Waals surface area contributed by atoms with Gasteiger partial charge in [0.1, 0.15) is 0 Å². The summed E-state index contributed by atoms with van der Waals surface area (Å²) in [6.45, 7) is 10.2. The van der Waals surface area contributed by atoms with Gasteiger partial charge in [0, 0.05) is 0 Å². The first-order valence-corrected chi connectivity index (χ1v) is 11.6. The zero-order valence-corrected chi connectivity index (χ0v) is 17.7. The Hall–Kier alpha value is 0.907. The Kier molecular flexibility index (Phi) is 23.9. The van der Waals surface area contributed by atoms with Crippen molar-refractivity contribution in [1.29, 1.82) is 0 Å². The van der Waals surface area contributed by atoms with Gasteiger partial charge in [0.15, 0.2) is 0 Å². The molecule has 0 heterocycles. The van der Waals surface area contributed by atoms with E-state index >= 15 is 0 Å². The second kappa shape index (κ2) is 21.2. The molecule has 0 aromatic heterocycles. The van der Waals surface area contributed by atoms with Gasteiger partial charge in [-0.25, -0.2) is 0 Å². The van der Waals surface area contributed by atoms with Crippen molar-refractivity contribution in [2.45, 2.75) is 105 Å². The van der Waals surface area contributed by atoms with Crippen LogP contribution in [0.15, 0.2) is 0 Å². The Morgan fingerprint density at radius 3 is 1.40 bits per heavy atom. The van der Waals surface area contributed by atoms with Gasteiger partial charge in [-0.3, -0.25) is 0 Å². The predicted octanol–water partition coefficient (Wildman–Crippen LogP) is 6.58. The Labute approximate surface area is 171 Å². The second-order valence-electron chi connectivity index (χ2n) is 7.08. The van der Waals surface area contributed by atoms with Crippen molar-refractivity contribution in [3.63, 3.8) is 0 Å². The van der Waals surface area contributed by atoms with Gasteiger partial charge < -0.3 is 13.9 Å². The van der Waals surface area contributed by atoms with Crippen molar-refractivity contribution in [2.24, 2.45) is 11.8 Å². The summed E-state index contributed by atoms with van der Waals surface area (Å²) in [6, 6.07) is 0. The van der Waals surface area contributed by atoms with Gasteiger partial charge in [-0.1, -0.05) is 91.9 Å². The zero-order chi connectivity index (χ0) is 18.0. The maximum atomic E-state index is 9.98. The molecular weight excluding hydrogens is 326 g/mol. The average molecular weight is 370 g/mol. The van der Waals surface area contributed by atoms with Crippen molar-refractivity contribution in [2.75, 3.05) is 13.2 Å². The van der Waals surface area contributed by atoms with Crippen molar-refractivity contribution in [3.05, 3.63) is 0 Å². The third kappa shape index (κ3) is 18.1. The van der Waals surface area contributed by atoms with Gasteiger partial charge in [-0.05, 0) is 24.7 Å². The van der Waals surface area contributed by atoms with Crippen LogP contribution in [0.4, 0.5) is 0 Å². The molecule has 0 saturated carbocycles. The molecule has 5 heteroatoms. The molecule has 0 saturated heterocycles. The first-order valence-electron chi connectivity index (χ1n) is 10.4.